The number of benzene rings is 4. The van der Waals surface area contributed by atoms with Gasteiger partial charge in [-0.3, -0.25) is 4.98 Å². The van der Waals surface area contributed by atoms with Crippen LogP contribution in [0.5, 0.6) is 5.75 Å². The third kappa shape index (κ3) is 4.77. The standard InChI is InChI=1S/C36H32N2O2/c1-23(24-12-6-5-7-13-24)27-21-29(25-14-10-15-26(20-25)31-18-8-9-19-37-31)33-32(22-27)40-35(38-33)28-16-11-17-30(34(28)39)36(2,3)4/h5-23,39H,1-4H3. The Morgan fingerprint density at radius 2 is 1.48 bits per heavy atom. The van der Waals surface area contributed by atoms with E-state index in [1.807, 2.05) is 48.7 Å². The molecule has 1 atom stereocenters. The van der Waals surface area contributed by atoms with Gasteiger partial charge in [0.25, 0.3) is 0 Å². The predicted octanol–water partition coefficient (Wildman–Crippen LogP) is 9.38. The molecule has 0 amide bonds. The summed E-state index contributed by atoms with van der Waals surface area (Å²) in [6.45, 7) is 8.46. The maximum absolute atomic E-state index is 11.2. The summed E-state index contributed by atoms with van der Waals surface area (Å²) in [5.41, 5.74) is 9.00. The number of fused-ring (bicyclic) bond motifs is 1. The highest BCUT2D eigenvalue weighted by atomic mass is 16.3. The van der Waals surface area contributed by atoms with E-state index in [1.165, 1.54) is 5.56 Å². The lowest BCUT2D eigenvalue weighted by Crippen LogP contribution is -2.11. The number of para-hydroxylation sites is 1. The number of phenols is 1. The summed E-state index contributed by atoms with van der Waals surface area (Å²) in [5, 5.41) is 11.2. The second-order valence-corrected chi connectivity index (χ2v) is 11.3. The highest BCUT2D eigenvalue weighted by Gasteiger charge is 2.24. The molecule has 0 bridgehead atoms. The van der Waals surface area contributed by atoms with Gasteiger partial charge in [-0.15, -0.1) is 0 Å². The van der Waals surface area contributed by atoms with Gasteiger partial charge >= 0.3 is 0 Å². The Hall–Kier alpha value is -4.70. The molecule has 0 aliphatic rings. The van der Waals surface area contributed by atoms with Crippen LogP contribution < -0.4 is 0 Å². The zero-order valence-electron chi connectivity index (χ0n) is 23.2. The second-order valence-electron chi connectivity index (χ2n) is 11.3. The number of phenolic OH excluding ortho intramolecular Hbond substituents is 1. The van der Waals surface area contributed by atoms with Crippen molar-refractivity contribution >= 4 is 11.1 Å². The van der Waals surface area contributed by atoms with E-state index in [0.29, 0.717) is 17.0 Å². The monoisotopic (exact) mass is 524 g/mol. The number of aromatic nitrogens is 2. The van der Waals surface area contributed by atoms with Crippen LogP contribution in [-0.4, -0.2) is 15.1 Å². The van der Waals surface area contributed by atoms with Crippen molar-refractivity contribution in [2.75, 3.05) is 0 Å². The normalized spacial score (nSPS) is 12.5. The molecule has 0 aliphatic carbocycles. The van der Waals surface area contributed by atoms with E-state index in [9.17, 15) is 5.11 Å². The molecule has 40 heavy (non-hydrogen) atoms. The van der Waals surface area contributed by atoms with Crippen LogP contribution >= 0.6 is 0 Å². The molecule has 2 heterocycles. The van der Waals surface area contributed by atoms with E-state index in [-0.39, 0.29) is 17.1 Å². The minimum Gasteiger partial charge on any atom is -0.507 e. The van der Waals surface area contributed by atoms with Gasteiger partial charge in [0.2, 0.25) is 5.89 Å². The molecule has 4 nitrogen and oxygen atoms in total. The summed E-state index contributed by atoms with van der Waals surface area (Å²) >= 11 is 0. The molecule has 0 radical (unpaired) electrons. The van der Waals surface area contributed by atoms with E-state index >= 15 is 0 Å². The van der Waals surface area contributed by atoms with Gasteiger partial charge in [0.1, 0.15) is 11.3 Å². The molecule has 4 aromatic carbocycles. The highest BCUT2D eigenvalue weighted by molar-refractivity contribution is 5.94. The number of aromatic hydroxyl groups is 1. The van der Waals surface area contributed by atoms with Crippen LogP contribution in [0.4, 0.5) is 0 Å². The molecule has 0 saturated carbocycles. The molecule has 198 valence electrons. The number of hydrogen-bond acceptors (Lipinski definition) is 4. The molecule has 1 N–H and O–H groups in total. The lowest BCUT2D eigenvalue weighted by Gasteiger charge is -2.21. The third-order valence-electron chi connectivity index (χ3n) is 7.53. The van der Waals surface area contributed by atoms with Crippen molar-refractivity contribution in [3.63, 3.8) is 0 Å². The Morgan fingerprint density at radius 3 is 2.23 bits per heavy atom. The number of pyridine rings is 1. The van der Waals surface area contributed by atoms with E-state index in [4.69, 9.17) is 9.40 Å². The van der Waals surface area contributed by atoms with Gasteiger partial charge < -0.3 is 9.52 Å². The van der Waals surface area contributed by atoms with Crippen molar-refractivity contribution in [2.45, 2.75) is 39.0 Å². The van der Waals surface area contributed by atoms with Gasteiger partial charge in [0.15, 0.2) is 5.58 Å². The number of hydrogen-bond donors (Lipinski definition) is 1. The minimum atomic E-state index is -0.221. The van der Waals surface area contributed by atoms with Gasteiger partial charge in [-0.2, -0.15) is 0 Å². The zero-order chi connectivity index (χ0) is 27.9. The van der Waals surface area contributed by atoms with Gasteiger partial charge in [0, 0.05) is 28.8 Å². The largest absolute Gasteiger partial charge is 0.507 e. The fourth-order valence-corrected chi connectivity index (χ4v) is 5.27. The molecular weight excluding hydrogens is 492 g/mol. The van der Waals surface area contributed by atoms with E-state index in [2.05, 4.69) is 93.3 Å². The molecule has 6 aromatic rings. The van der Waals surface area contributed by atoms with Crippen LogP contribution in [0, 0.1) is 0 Å². The quantitative estimate of drug-likeness (QED) is 0.244. The van der Waals surface area contributed by atoms with Crippen molar-refractivity contribution in [2.24, 2.45) is 0 Å². The van der Waals surface area contributed by atoms with Crippen molar-refractivity contribution < 1.29 is 9.52 Å². The first-order valence-corrected chi connectivity index (χ1v) is 13.6. The van der Waals surface area contributed by atoms with Crippen LogP contribution in [-0.2, 0) is 5.41 Å². The molecule has 2 aromatic heterocycles. The highest BCUT2D eigenvalue weighted by Crippen LogP contribution is 2.41. The maximum atomic E-state index is 11.2. The smallest absolute Gasteiger partial charge is 0.231 e. The zero-order valence-corrected chi connectivity index (χ0v) is 23.2. The van der Waals surface area contributed by atoms with Crippen molar-refractivity contribution in [1.29, 1.82) is 0 Å². The molecule has 1 unspecified atom stereocenters. The maximum Gasteiger partial charge on any atom is 0.231 e. The summed E-state index contributed by atoms with van der Waals surface area (Å²) in [4.78, 5) is 9.53. The Kier molecular flexibility index (Phi) is 6.47. The summed E-state index contributed by atoms with van der Waals surface area (Å²) < 4.78 is 6.42. The number of rotatable bonds is 5. The molecule has 0 saturated heterocycles. The summed E-state index contributed by atoms with van der Waals surface area (Å²) in [6.07, 6.45) is 1.81. The van der Waals surface area contributed by atoms with Crippen molar-refractivity contribution in [1.82, 2.24) is 9.97 Å². The predicted molar refractivity (Wildman–Crippen MR) is 162 cm³/mol. The number of nitrogens with zero attached hydrogens (tertiary/aromatic N) is 2. The topological polar surface area (TPSA) is 59.2 Å². The third-order valence-corrected chi connectivity index (χ3v) is 7.53. The Bertz CT molecular complexity index is 1800. The van der Waals surface area contributed by atoms with Crippen molar-refractivity contribution in [3.8, 4) is 39.6 Å². The lowest BCUT2D eigenvalue weighted by molar-refractivity contribution is 0.446. The Balaban J connectivity index is 1.56. The van der Waals surface area contributed by atoms with E-state index < -0.39 is 0 Å². The van der Waals surface area contributed by atoms with E-state index in [1.54, 1.807) is 0 Å². The van der Waals surface area contributed by atoms with Gasteiger partial charge in [-0.05, 0) is 58.5 Å². The molecule has 0 aliphatic heterocycles. The Morgan fingerprint density at radius 1 is 0.725 bits per heavy atom. The first-order valence-electron chi connectivity index (χ1n) is 13.6. The van der Waals surface area contributed by atoms with Crippen LogP contribution in [0.1, 0.15) is 50.3 Å². The van der Waals surface area contributed by atoms with Gasteiger partial charge in [-0.25, -0.2) is 4.98 Å². The first kappa shape index (κ1) is 25.6. The summed E-state index contributed by atoms with van der Waals surface area (Å²) in [7, 11) is 0. The summed E-state index contributed by atoms with van der Waals surface area (Å²) in [5.74, 6) is 0.762. The molecule has 6 rings (SSSR count). The SMILES string of the molecule is CC(c1ccccc1)c1cc(-c2cccc(-c3ccccn3)c2)c2nc(-c3cccc(C(C)(C)C)c3O)oc2c1. The van der Waals surface area contributed by atoms with Gasteiger partial charge in [0.05, 0.1) is 11.3 Å². The van der Waals surface area contributed by atoms with Crippen LogP contribution in [0.2, 0.25) is 0 Å². The average molecular weight is 525 g/mol. The van der Waals surface area contributed by atoms with Crippen LogP contribution in [0.15, 0.2) is 114 Å². The fraction of sp³-hybridized carbons (Fsp3) is 0.167. The molecular formula is C36H32N2O2. The average Bonchev–Trinajstić information content (AvgIpc) is 3.41. The lowest BCUT2D eigenvalue weighted by atomic mass is 9.85. The molecule has 0 spiro atoms. The second kappa shape index (κ2) is 10.1. The van der Waals surface area contributed by atoms with Gasteiger partial charge in [-0.1, -0.05) is 94.4 Å². The fourth-order valence-electron chi connectivity index (χ4n) is 5.27. The van der Waals surface area contributed by atoms with Crippen LogP contribution in [0.3, 0.4) is 0 Å². The van der Waals surface area contributed by atoms with Crippen molar-refractivity contribution in [3.05, 3.63) is 126 Å². The van der Waals surface area contributed by atoms with Crippen LogP contribution in [0.25, 0.3) is 44.9 Å². The number of oxazole rings is 1. The first-order chi connectivity index (χ1) is 19.3. The Labute approximate surface area is 235 Å². The minimum absolute atomic E-state index is 0.148. The molecule has 0 fully saturated rings. The summed E-state index contributed by atoms with van der Waals surface area (Å²) in [6, 6.07) is 34.9. The molecule has 4 heteroatoms. The van der Waals surface area contributed by atoms with E-state index in [0.717, 1.165) is 39.0 Å².